The maximum absolute atomic E-state index is 11.5. The summed E-state index contributed by atoms with van der Waals surface area (Å²) in [5, 5.41) is 18.9. The van der Waals surface area contributed by atoms with E-state index in [1.165, 1.54) is 0 Å². The molecule has 0 aromatic carbocycles. The van der Waals surface area contributed by atoms with Gasteiger partial charge in [-0.25, -0.2) is 4.79 Å². The number of hydrogen-bond donors (Lipinski definition) is 3. The Hall–Kier alpha value is -1.56. The van der Waals surface area contributed by atoms with Crippen molar-refractivity contribution >= 4 is 6.03 Å². The van der Waals surface area contributed by atoms with Crippen LogP contribution in [0.4, 0.5) is 4.79 Å². The topological polar surface area (TPSA) is 87.4 Å². The van der Waals surface area contributed by atoms with Crippen LogP contribution in [-0.4, -0.2) is 28.9 Å². The summed E-state index contributed by atoms with van der Waals surface area (Å²) in [6.07, 6.45) is 0.156. The molecule has 0 bridgehead atoms. The van der Waals surface area contributed by atoms with E-state index in [2.05, 4.69) is 15.8 Å². The lowest BCUT2D eigenvalue weighted by atomic mass is 10.0. The van der Waals surface area contributed by atoms with Gasteiger partial charge in [0.15, 0.2) is 5.76 Å². The molecule has 0 radical (unpaired) electrons. The van der Waals surface area contributed by atoms with Crippen LogP contribution in [0.25, 0.3) is 0 Å². The van der Waals surface area contributed by atoms with Gasteiger partial charge in [0.1, 0.15) is 0 Å². The van der Waals surface area contributed by atoms with Crippen LogP contribution >= 0.6 is 0 Å². The number of aliphatic hydroxyl groups excluding tert-OH is 1. The van der Waals surface area contributed by atoms with E-state index in [1.54, 1.807) is 0 Å². The molecular weight excluding hydrogens is 258 g/mol. The van der Waals surface area contributed by atoms with E-state index < -0.39 is 6.10 Å². The molecule has 1 aromatic rings. The van der Waals surface area contributed by atoms with Crippen molar-refractivity contribution in [3.63, 3.8) is 0 Å². The standard InChI is InChI=1S/C14H25N3O3/c1-9(2)12-7-11(20-17-12)8-16-14(19)15-6-5-13(18)10(3)4/h7,9-10,13,18H,5-6,8H2,1-4H3,(H2,15,16,19). The Morgan fingerprint density at radius 1 is 1.35 bits per heavy atom. The highest BCUT2D eigenvalue weighted by Crippen LogP contribution is 2.13. The summed E-state index contributed by atoms with van der Waals surface area (Å²) in [5.41, 5.74) is 0.877. The molecule has 3 N–H and O–H groups in total. The molecule has 0 aliphatic heterocycles. The van der Waals surface area contributed by atoms with Crippen molar-refractivity contribution in [2.75, 3.05) is 6.54 Å². The molecule has 0 fully saturated rings. The molecule has 1 rings (SSSR count). The molecule has 0 aliphatic carbocycles. The lowest BCUT2D eigenvalue weighted by Crippen LogP contribution is -2.37. The second kappa shape index (κ2) is 7.89. The maximum atomic E-state index is 11.5. The van der Waals surface area contributed by atoms with Gasteiger partial charge in [0.25, 0.3) is 0 Å². The number of hydrogen-bond acceptors (Lipinski definition) is 4. The summed E-state index contributed by atoms with van der Waals surface area (Å²) in [5.74, 6) is 1.13. The molecule has 114 valence electrons. The van der Waals surface area contributed by atoms with Gasteiger partial charge in [-0.05, 0) is 18.3 Å². The van der Waals surface area contributed by atoms with Crippen LogP contribution in [0.15, 0.2) is 10.6 Å². The van der Waals surface area contributed by atoms with Crippen LogP contribution in [0.3, 0.4) is 0 Å². The van der Waals surface area contributed by atoms with Gasteiger partial charge in [0, 0.05) is 12.6 Å². The van der Waals surface area contributed by atoms with Crippen LogP contribution in [-0.2, 0) is 6.54 Å². The first-order chi connectivity index (χ1) is 9.40. The van der Waals surface area contributed by atoms with E-state index in [0.29, 0.717) is 31.2 Å². The Kier molecular flexibility index (Phi) is 6.51. The quantitative estimate of drug-likeness (QED) is 0.714. The highest BCUT2D eigenvalue weighted by atomic mass is 16.5. The third-order valence-corrected chi connectivity index (χ3v) is 3.09. The highest BCUT2D eigenvalue weighted by Gasteiger charge is 2.10. The van der Waals surface area contributed by atoms with Crippen LogP contribution in [0.2, 0.25) is 0 Å². The maximum Gasteiger partial charge on any atom is 0.315 e. The lowest BCUT2D eigenvalue weighted by molar-refractivity contribution is 0.116. The smallest absolute Gasteiger partial charge is 0.315 e. The molecule has 1 aromatic heterocycles. The van der Waals surface area contributed by atoms with Gasteiger partial charge in [-0.3, -0.25) is 0 Å². The summed E-state index contributed by atoms with van der Waals surface area (Å²) < 4.78 is 5.12. The first kappa shape index (κ1) is 16.5. The molecule has 20 heavy (non-hydrogen) atoms. The molecule has 1 unspecified atom stereocenters. The van der Waals surface area contributed by atoms with Crippen molar-refractivity contribution in [3.05, 3.63) is 17.5 Å². The van der Waals surface area contributed by atoms with Gasteiger partial charge in [-0.2, -0.15) is 0 Å². The van der Waals surface area contributed by atoms with Gasteiger partial charge in [0.05, 0.1) is 18.3 Å². The average Bonchev–Trinajstić information content (AvgIpc) is 2.85. The van der Waals surface area contributed by atoms with E-state index in [0.717, 1.165) is 5.69 Å². The highest BCUT2D eigenvalue weighted by molar-refractivity contribution is 5.73. The molecule has 1 heterocycles. The predicted octanol–water partition coefficient (Wildman–Crippen LogP) is 2.00. The molecule has 0 saturated heterocycles. The Bertz CT molecular complexity index is 416. The minimum Gasteiger partial charge on any atom is -0.393 e. The van der Waals surface area contributed by atoms with Gasteiger partial charge in [-0.15, -0.1) is 0 Å². The zero-order chi connectivity index (χ0) is 15.1. The van der Waals surface area contributed by atoms with Crippen molar-refractivity contribution in [2.24, 2.45) is 5.92 Å². The van der Waals surface area contributed by atoms with Gasteiger partial charge in [-0.1, -0.05) is 32.9 Å². The number of nitrogens with zero attached hydrogens (tertiary/aromatic N) is 1. The van der Waals surface area contributed by atoms with Gasteiger partial charge in [0.2, 0.25) is 0 Å². The molecule has 2 amide bonds. The van der Waals surface area contributed by atoms with Gasteiger partial charge >= 0.3 is 6.03 Å². The van der Waals surface area contributed by atoms with Crippen LogP contribution in [0, 0.1) is 5.92 Å². The Morgan fingerprint density at radius 3 is 2.60 bits per heavy atom. The fraction of sp³-hybridized carbons (Fsp3) is 0.714. The average molecular weight is 283 g/mol. The fourth-order valence-electron chi connectivity index (χ4n) is 1.58. The summed E-state index contributed by atoms with van der Waals surface area (Å²) in [6.45, 7) is 8.70. The fourth-order valence-corrected chi connectivity index (χ4v) is 1.58. The van der Waals surface area contributed by atoms with Crippen molar-refractivity contribution in [1.29, 1.82) is 0 Å². The number of amides is 2. The van der Waals surface area contributed by atoms with Crippen LogP contribution < -0.4 is 10.6 Å². The summed E-state index contributed by atoms with van der Waals surface area (Å²) in [4.78, 5) is 11.5. The lowest BCUT2D eigenvalue weighted by Gasteiger charge is -2.14. The largest absolute Gasteiger partial charge is 0.393 e. The number of aromatic nitrogens is 1. The molecular formula is C14H25N3O3. The molecule has 0 spiro atoms. The van der Waals surface area contributed by atoms with Gasteiger partial charge < -0.3 is 20.3 Å². The number of carbonyl (C=O) groups excluding carboxylic acids is 1. The first-order valence-electron chi connectivity index (χ1n) is 7.05. The molecule has 6 nitrogen and oxygen atoms in total. The van der Waals surface area contributed by atoms with E-state index in [1.807, 2.05) is 33.8 Å². The number of nitrogens with one attached hydrogen (secondary N) is 2. The van der Waals surface area contributed by atoms with Crippen molar-refractivity contribution in [1.82, 2.24) is 15.8 Å². The molecule has 0 saturated carbocycles. The SMILES string of the molecule is CC(C)c1cc(CNC(=O)NCCC(O)C(C)C)on1. The Morgan fingerprint density at radius 2 is 2.05 bits per heavy atom. The minimum atomic E-state index is -0.391. The second-order valence-corrected chi connectivity index (χ2v) is 5.58. The summed E-state index contributed by atoms with van der Waals surface area (Å²) in [7, 11) is 0. The second-order valence-electron chi connectivity index (χ2n) is 5.58. The Labute approximate surface area is 119 Å². The third kappa shape index (κ3) is 5.61. The predicted molar refractivity (Wildman–Crippen MR) is 76.3 cm³/mol. The summed E-state index contributed by atoms with van der Waals surface area (Å²) in [6, 6.07) is 1.57. The van der Waals surface area contributed by atoms with E-state index in [4.69, 9.17) is 4.52 Å². The molecule has 6 heteroatoms. The van der Waals surface area contributed by atoms with Crippen molar-refractivity contribution in [3.8, 4) is 0 Å². The number of rotatable bonds is 7. The first-order valence-corrected chi connectivity index (χ1v) is 7.05. The van der Waals surface area contributed by atoms with Crippen molar-refractivity contribution in [2.45, 2.75) is 52.7 Å². The zero-order valence-electron chi connectivity index (χ0n) is 12.6. The zero-order valence-corrected chi connectivity index (χ0v) is 12.6. The number of aliphatic hydroxyl groups is 1. The third-order valence-electron chi connectivity index (χ3n) is 3.09. The molecule has 0 aliphatic rings. The number of carbonyl (C=O) groups is 1. The Balaban J connectivity index is 2.22. The normalized spacial score (nSPS) is 12.8. The van der Waals surface area contributed by atoms with E-state index >= 15 is 0 Å². The molecule has 1 atom stereocenters. The minimum absolute atomic E-state index is 0.198. The van der Waals surface area contributed by atoms with Crippen molar-refractivity contribution < 1.29 is 14.4 Å². The van der Waals surface area contributed by atoms with E-state index in [-0.39, 0.29) is 11.9 Å². The number of urea groups is 1. The summed E-state index contributed by atoms with van der Waals surface area (Å²) >= 11 is 0. The van der Waals surface area contributed by atoms with E-state index in [9.17, 15) is 9.90 Å². The van der Waals surface area contributed by atoms with Crippen LogP contribution in [0.1, 0.15) is 51.5 Å². The van der Waals surface area contributed by atoms with Crippen LogP contribution in [0.5, 0.6) is 0 Å². The monoisotopic (exact) mass is 283 g/mol.